The van der Waals surface area contributed by atoms with Gasteiger partial charge in [0.15, 0.2) is 7.59 Å². The van der Waals surface area contributed by atoms with Crippen LogP contribution in [-0.2, 0) is 0 Å². The zero-order valence-electron chi connectivity index (χ0n) is 7.26. The van der Waals surface area contributed by atoms with Crippen molar-refractivity contribution in [1.82, 2.24) is 0 Å². The molecule has 0 aromatic carbocycles. The highest BCUT2D eigenvalue weighted by Crippen LogP contribution is 2.42. The zero-order valence-corrected chi connectivity index (χ0v) is 14.1. The third-order valence-electron chi connectivity index (χ3n) is 1.04. The molecule has 0 saturated heterocycles. The van der Waals surface area contributed by atoms with Crippen molar-refractivity contribution in [3.05, 3.63) is 0 Å². The summed E-state index contributed by atoms with van der Waals surface area (Å²) in [6, 6.07) is 0. The van der Waals surface area contributed by atoms with Crippen LogP contribution in [0.3, 0.4) is 0 Å². The van der Waals surface area contributed by atoms with Crippen LogP contribution in [0.1, 0.15) is 12.8 Å². The maximum Gasteiger partial charge on any atom is 0.212 e. The van der Waals surface area contributed by atoms with E-state index in [2.05, 4.69) is 4.99 Å². The van der Waals surface area contributed by atoms with Crippen LogP contribution < -0.4 is 0 Å². The molecule has 10 heteroatoms. The third-order valence-corrected chi connectivity index (χ3v) is 2.50. The molecule has 0 atom stereocenters. The Morgan fingerprint density at radius 3 is 1.56 bits per heavy atom. The predicted octanol–water partition coefficient (Wildman–Crippen LogP) is 6.28. The molecule has 0 unspecified atom stereocenters. The van der Waals surface area contributed by atoms with Crippen LogP contribution >= 0.6 is 104 Å². The van der Waals surface area contributed by atoms with Gasteiger partial charge in [-0.25, -0.2) is 4.99 Å². The third kappa shape index (κ3) is 11.4. The van der Waals surface area contributed by atoms with Gasteiger partial charge in [0.25, 0.3) is 0 Å². The fourth-order valence-corrected chi connectivity index (χ4v) is 3.27. The van der Waals surface area contributed by atoms with Crippen molar-refractivity contribution in [3.8, 4) is 0 Å². The van der Waals surface area contributed by atoms with Gasteiger partial charge in [-0.2, -0.15) is 0 Å². The summed E-state index contributed by atoms with van der Waals surface area (Å²) in [5.74, 6) is 0. The molecule has 0 fully saturated rings. The van der Waals surface area contributed by atoms with Gasteiger partial charge in [0.1, 0.15) is 5.17 Å². The minimum Gasteiger partial charge on any atom is -0.239 e. The lowest BCUT2D eigenvalue weighted by Gasteiger charge is -2.20. The van der Waals surface area contributed by atoms with Crippen LogP contribution in [0.5, 0.6) is 0 Å². The molecule has 0 aromatic heterocycles. The van der Waals surface area contributed by atoms with Crippen LogP contribution in [-0.4, -0.2) is 17.2 Å². The number of hydrogen-bond donors (Lipinski definition) is 0. The van der Waals surface area contributed by atoms with Gasteiger partial charge in [-0.1, -0.05) is 104 Å². The van der Waals surface area contributed by atoms with Gasteiger partial charge in [0.05, 0.1) is 0 Å². The zero-order chi connectivity index (χ0) is 13.2. The molecule has 0 aromatic rings. The van der Waals surface area contributed by atoms with E-state index in [9.17, 15) is 0 Å². The van der Waals surface area contributed by atoms with Gasteiger partial charge in [-0.15, -0.1) is 0 Å². The predicted molar refractivity (Wildman–Crippen MR) is 77.5 cm³/mol. The Morgan fingerprint density at radius 1 is 0.812 bits per heavy atom. The Kier molecular flexibility index (Phi) is 7.58. The van der Waals surface area contributed by atoms with Gasteiger partial charge >= 0.3 is 0 Å². The lowest BCUT2D eigenvalue weighted by molar-refractivity contribution is 0.739. The van der Waals surface area contributed by atoms with E-state index in [4.69, 9.17) is 104 Å². The van der Waals surface area contributed by atoms with E-state index < -0.39 is 12.0 Å². The molecule has 0 saturated carbocycles. The van der Waals surface area contributed by atoms with E-state index in [1.165, 1.54) is 0 Å². The van der Waals surface area contributed by atoms with Crippen molar-refractivity contribution < 1.29 is 0 Å². The van der Waals surface area contributed by atoms with Crippen LogP contribution in [0, 0.1) is 0 Å². The summed E-state index contributed by atoms with van der Waals surface area (Å²) < 4.78 is -4.95. The standard InChI is InChI=1S/C6H4Cl9N/c7-3(1-4(8,9)10)16-6(14,15)2-5(11,12)13/h1-2H2. The van der Waals surface area contributed by atoms with Gasteiger partial charge < -0.3 is 0 Å². The summed E-state index contributed by atoms with van der Waals surface area (Å²) in [4.78, 5) is 3.69. The number of aliphatic imine (C=N–C) groups is 1. The summed E-state index contributed by atoms with van der Waals surface area (Å²) in [5.41, 5.74) is 0. The Hall–Kier alpha value is 2.28. The highest BCUT2D eigenvalue weighted by Gasteiger charge is 2.35. The number of nitrogens with zero attached hydrogens (tertiary/aromatic N) is 1. The fraction of sp³-hybridized carbons (Fsp3) is 0.833. The Bertz CT molecular complexity index is 260. The van der Waals surface area contributed by atoms with Crippen LogP contribution in [0.4, 0.5) is 0 Å². The minimum absolute atomic E-state index is 0.0840. The molecule has 1 nitrogen and oxygen atoms in total. The van der Waals surface area contributed by atoms with E-state index >= 15 is 0 Å². The molecular weight excluding hydrogens is 405 g/mol. The van der Waals surface area contributed by atoms with E-state index in [0.29, 0.717) is 0 Å². The van der Waals surface area contributed by atoms with Crippen molar-refractivity contribution >= 4 is 110 Å². The maximum atomic E-state index is 5.76. The van der Waals surface area contributed by atoms with E-state index in [1.54, 1.807) is 0 Å². The Morgan fingerprint density at radius 2 is 1.25 bits per heavy atom. The van der Waals surface area contributed by atoms with Crippen molar-refractivity contribution in [3.63, 3.8) is 0 Å². The first-order valence-corrected chi connectivity index (χ1v) is 6.96. The second kappa shape index (κ2) is 6.63. The van der Waals surface area contributed by atoms with Gasteiger partial charge in [0, 0.05) is 12.8 Å². The molecule has 0 radical (unpaired) electrons. The number of rotatable bonds is 3. The molecule has 16 heavy (non-hydrogen) atoms. The molecule has 0 rings (SSSR count). The van der Waals surface area contributed by atoms with E-state index in [1.807, 2.05) is 0 Å². The van der Waals surface area contributed by atoms with Crippen molar-refractivity contribution in [2.45, 2.75) is 24.9 Å². The van der Waals surface area contributed by atoms with Crippen molar-refractivity contribution in [1.29, 1.82) is 0 Å². The Balaban J connectivity index is 4.61. The van der Waals surface area contributed by atoms with Crippen LogP contribution in [0.2, 0.25) is 0 Å². The lowest BCUT2D eigenvalue weighted by atomic mass is 10.4. The maximum absolute atomic E-state index is 5.76. The monoisotopic (exact) mass is 405 g/mol. The number of alkyl halides is 8. The number of hydrogen-bond acceptors (Lipinski definition) is 1. The van der Waals surface area contributed by atoms with E-state index in [0.717, 1.165) is 0 Å². The fourth-order valence-electron chi connectivity index (χ4n) is 0.663. The first-order valence-electron chi connectivity index (χ1n) is 3.56. The number of halogens is 9. The molecule has 0 N–H and O–H groups in total. The lowest BCUT2D eigenvalue weighted by Crippen LogP contribution is -2.21. The molecule has 0 aliphatic heterocycles. The highest BCUT2D eigenvalue weighted by atomic mass is 35.6. The molecule has 0 heterocycles. The summed E-state index contributed by atoms with van der Waals surface area (Å²) in [7, 11) is 0. The quantitative estimate of drug-likeness (QED) is 0.296. The second-order valence-corrected chi connectivity index (χ2v) is 9.65. The minimum atomic E-state index is -1.70. The molecular formula is C6H4Cl9N. The summed E-state index contributed by atoms with van der Waals surface area (Å²) >= 11 is 50.2. The topological polar surface area (TPSA) is 12.4 Å². The second-order valence-electron chi connectivity index (χ2n) is 2.74. The van der Waals surface area contributed by atoms with Gasteiger partial charge in [-0.3, -0.25) is 0 Å². The van der Waals surface area contributed by atoms with Gasteiger partial charge in [0.2, 0.25) is 4.46 Å². The van der Waals surface area contributed by atoms with Crippen molar-refractivity contribution in [2.75, 3.05) is 0 Å². The first-order chi connectivity index (χ1) is 6.81. The molecule has 0 aliphatic carbocycles. The molecule has 0 spiro atoms. The normalized spacial score (nSPS) is 15.4. The smallest absolute Gasteiger partial charge is 0.212 e. The molecule has 96 valence electrons. The van der Waals surface area contributed by atoms with E-state index in [-0.39, 0.29) is 18.0 Å². The Labute approximate surface area is 138 Å². The first kappa shape index (κ1) is 18.3. The summed E-state index contributed by atoms with van der Waals surface area (Å²) in [6.45, 7) is 0. The summed E-state index contributed by atoms with van der Waals surface area (Å²) in [6.07, 6.45) is -0.413. The van der Waals surface area contributed by atoms with Crippen molar-refractivity contribution in [2.24, 2.45) is 4.99 Å². The highest BCUT2D eigenvalue weighted by molar-refractivity contribution is 6.73. The SMILES string of the molecule is ClC(CC(Cl)(Cl)Cl)=NC(Cl)(Cl)CC(Cl)(Cl)Cl. The molecule has 0 bridgehead atoms. The van der Waals surface area contributed by atoms with Crippen LogP contribution in [0.25, 0.3) is 0 Å². The molecule has 0 aliphatic rings. The van der Waals surface area contributed by atoms with Gasteiger partial charge in [-0.05, 0) is 0 Å². The van der Waals surface area contributed by atoms with Crippen LogP contribution in [0.15, 0.2) is 4.99 Å². The molecule has 0 amide bonds. The largest absolute Gasteiger partial charge is 0.239 e. The summed E-state index contributed by atoms with van der Waals surface area (Å²) in [5, 5.41) is -0.0840. The average Bonchev–Trinajstić information content (AvgIpc) is 1.70. The average molecular weight is 409 g/mol.